The van der Waals surface area contributed by atoms with E-state index in [9.17, 15) is 0 Å². The van der Waals surface area contributed by atoms with Gasteiger partial charge in [-0.1, -0.05) is 13.8 Å². The quantitative estimate of drug-likeness (QED) is 0.677. The zero-order valence-electron chi connectivity index (χ0n) is 9.18. The van der Waals surface area contributed by atoms with E-state index in [0.717, 1.165) is 31.0 Å². The summed E-state index contributed by atoms with van der Waals surface area (Å²) in [7, 11) is 1.76. The van der Waals surface area contributed by atoms with Crippen molar-refractivity contribution in [3.8, 4) is 0 Å². The van der Waals surface area contributed by atoms with Crippen molar-refractivity contribution in [1.82, 2.24) is 5.32 Å². The van der Waals surface area contributed by atoms with E-state index in [1.165, 1.54) is 19.3 Å². The Morgan fingerprint density at radius 2 is 1.77 bits per heavy atom. The highest BCUT2D eigenvalue weighted by Gasteiger charge is 2.22. The minimum absolute atomic E-state index is 0.730. The Bertz CT molecular complexity index is 128. The number of nitrogens with one attached hydrogen (secondary N) is 1. The largest absolute Gasteiger partial charge is 0.383 e. The Hall–Kier alpha value is -0.0800. The van der Waals surface area contributed by atoms with E-state index in [4.69, 9.17) is 4.74 Å². The summed E-state index contributed by atoms with van der Waals surface area (Å²) in [5.41, 5.74) is 0. The summed E-state index contributed by atoms with van der Waals surface area (Å²) in [6.45, 7) is 6.56. The standard InChI is InChI=1S/C11H23NO/c1-9-6-10(2)8-11(7-9)12-4-5-13-3/h9-12H,4-8H2,1-3H3/t9-,10+,11?. The van der Waals surface area contributed by atoms with Gasteiger partial charge in [-0.3, -0.25) is 0 Å². The van der Waals surface area contributed by atoms with Gasteiger partial charge in [0, 0.05) is 19.7 Å². The van der Waals surface area contributed by atoms with Crippen molar-refractivity contribution in [2.45, 2.75) is 39.2 Å². The summed E-state index contributed by atoms with van der Waals surface area (Å²) in [4.78, 5) is 0. The highest BCUT2D eigenvalue weighted by atomic mass is 16.5. The molecule has 0 aromatic rings. The molecule has 1 aliphatic rings. The Morgan fingerprint density at radius 1 is 1.15 bits per heavy atom. The summed E-state index contributed by atoms with van der Waals surface area (Å²) in [5.74, 6) is 1.78. The lowest BCUT2D eigenvalue weighted by Gasteiger charge is -2.32. The molecule has 0 aliphatic heterocycles. The SMILES string of the molecule is COCCNC1C[C@@H](C)C[C@@H](C)C1. The molecule has 0 radical (unpaired) electrons. The second-order valence-electron chi connectivity index (χ2n) is 4.56. The van der Waals surface area contributed by atoms with Crippen LogP contribution >= 0.6 is 0 Å². The van der Waals surface area contributed by atoms with Crippen molar-refractivity contribution in [2.24, 2.45) is 11.8 Å². The molecule has 0 aromatic heterocycles. The molecule has 2 heteroatoms. The lowest BCUT2D eigenvalue weighted by atomic mass is 9.80. The molecule has 1 aliphatic carbocycles. The van der Waals surface area contributed by atoms with Gasteiger partial charge in [-0.2, -0.15) is 0 Å². The van der Waals surface area contributed by atoms with Gasteiger partial charge in [0.1, 0.15) is 0 Å². The first-order valence-electron chi connectivity index (χ1n) is 5.44. The molecule has 0 spiro atoms. The fourth-order valence-electron chi connectivity index (χ4n) is 2.48. The third-order valence-corrected chi connectivity index (χ3v) is 2.92. The highest BCUT2D eigenvalue weighted by Crippen LogP contribution is 2.28. The van der Waals surface area contributed by atoms with Crippen LogP contribution in [0.5, 0.6) is 0 Å². The molecular weight excluding hydrogens is 162 g/mol. The maximum Gasteiger partial charge on any atom is 0.0587 e. The first kappa shape index (κ1) is 11.0. The van der Waals surface area contributed by atoms with Crippen LogP contribution in [-0.4, -0.2) is 26.3 Å². The molecule has 13 heavy (non-hydrogen) atoms. The minimum Gasteiger partial charge on any atom is -0.383 e. The van der Waals surface area contributed by atoms with Gasteiger partial charge in [-0.05, 0) is 31.1 Å². The van der Waals surface area contributed by atoms with Gasteiger partial charge in [0.2, 0.25) is 0 Å². The van der Waals surface area contributed by atoms with Gasteiger partial charge in [-0.15, -0.1) is 0 Å². The first-order chi connectivity index (χ1) is 6.22. The van der Waals surface area contributed by atoms with Crippen LogP contribution in [0.2, 0.25) is 0 Å². The fourth-order valence-corrected chi connectivity index (χ4v) is 2.48. The normalized spacial score (nSPS) is 34.8. The van der Waals surface area contributed by atoms with Crippen molar-refractivity contribution < 1.29 is 4.74 Å². The van der Waals surface area contributed by atoms with Crippen molar-refractivity contribution in [2.75, 3.05) is 20.3 Å². The van der Waals surface area contributed by atoms with Crippen molar-refractivity contribution in [1.29, 1.82) is 0 Å². The third kappa shape index (κ3) is 4.10. The lowest BCUT2D eigenvalue weighted by molar-refractivity contribution is 0.180. The molecule has 0 bridgehead atoms. The van der Waals surface area contributed by atoms with Gasteiger partial charge < -0.3 is 10.1 Å². The van der Waals surface area contributed by atoms with Crippen LogP contribution < -0.4 is 5.32 Å². The second kappa shape index (κ2) is 5.61. The van der Waals surface area contributed by atoms with Crippen molar-refractivity contribution in [3.05, 3.63) is 0 Å². The first-order valence-corrected chi connectivity index (χ1v) is 5.44. The van der Waals surface area contributed by atoms with Crippen LogP contribution in [0.4, 0.5) is 0 Å². The van der Waals surface area contributed by atoms with E-state index in [2.05, 4.69) is 19.2 Å². The number of rotatable bonds is 4. The van der Waals surface area contributed by atoms with Gasteiger partial charge in [0.25, 0.3) is 0 Å². The second-order valence-corrected chi connectivity index (χ2v) is 4.56. The molecular formula is C11H23NO. The van der Waals surface area contributed by atoms with E-state index < -0.39 is 0 Å². The maximum atomic E-state index is 5.02. The fraction of sp³-hybridized carbons (Fsp3) is 1.00. The topological polar surface area (TPSA) is 21.3 Å². The maximum absolute atomic E-state index is 5.02. The molecule has 0 amide bonds. The van der Waals surface area contributed by atoms with Gasteiger partial charge in [0.15, 0.2) is 0 Å². The molecule has 1 unspecified atom stereocenters. The van der Waals surface area contributed by atoms with E-state index in [-0.39, 0.29) is 0 Å². The van der Waals surface area contributed by atoms with Crippen LogP contribution in [-0.2, 0) is 4.74 Å². The van der Waals surface area contributed by atoms with Crippen LogP contribution in [0.3, 0.4) is 0 Å². The van der Waals surface area contributed by atoms with Gasteiger partial charge in [0.05, 0.1) is 6.61 Å². The van der Waals surface area contributed by atoms with Crippen molar-refractivity contribution >= 4 is 0 Å². The van der Waals surface area contributed by atoms with Gasteiger partial charge in [-0.25, -0.2) is 0 Å². The number of methoxy groups -OCH3 is 1. The van der Waals surface area contributed by atoms with E-state index >= 15 is 0 Å². The smallest absolute Gasteiger partial charge is 0.0587 e. The molecule has 1 saturated carbocycles. The Balaban J connectivity index is 2.17. The predicted molar refractivity (Wildman–Crippen MR) is 55.8 cm³/mol. The minimum atomic E-state index is 0.730. The number of hydrogen-bond donors (Lipinski definition) is 1. The van der Waals surface area contributed by atoms with E-state index in [0.29, 0.717) is 0 Å². The zero-order valence-corrected chi connectivity index (χ0v) is 9.18. The Morgan fingerprint density at radius 3 is 2.31 bits per heavy atom. The van der Waals surface area contributed by atoms with Crippen LogP contribution in [0.1, 0.15) is 33.1 Å². The average Bonchev–Trinajstić information content (AvgIpc) is 2.03. The highest BCUT2D eigenvalue weighted by molar-refractivity contribution is 4.79. The van der Waals surface area contributed by atoms with Crippen LogP contribution in [0, 0.1) is 11.8 Å². The summed E-state index contributed by atoms with van der Waals surface area (Å²) in [6.07, 6.45) is 4.09. The number of hydrogen-bond acceptors (Lipinski definition) is 2. The summed E-state index contributed by atoms with van der Waals surface area (Å²) < 4.78 is 5.02. The number of ether oxygens (including phenoxy) is 1. The molecule has 0 saturated heterocycles. The molecule has 3 atom stereocenters. The van der Waals surface area contributed by atoms with Gasteiger partial charge >= 0.3 is 0 Å². The average molecular weight is 185 g/mol. The lowest BCUT2D eigenvalue weighted by Crippen LogP contribution is -2.37. The molecule has 1 N–H and O–H groups in total. The predicted octanol–water partition coefficient (Wildman–Crippen LogP) is 2.05. The monoisotopic (exact) mass is 185 g/mol. The van der Waals surface area contributed by atoms with Crippen molar-refractivity contribution in [3.63, 3.8) is 0 Å². The van der Waals surface area contributed by atoms with Crippen LogP contribution in [0.25, 0.3) is 0 Å². The summed E-state index contributed by atoms with van der Waals surface area (Å²) in [6, 6.07) is 0.730. The van der Waals surface area contributed by atoms with Crippen LogP contribution in [0.15, 0.2) is 0 Å². The molecule has 1 rings (SSSR count). The van der Waals surface area contributed by atoms with E-state index in [1.807, 2.05) is 0 Å². The Kier molecular flexibility index (Phi) is 4.74. The van der Waals surface area contributed by atoms with E-state index in [1.54, 1.807) is 7.11 Å². The Labute approximate surface area is 82.0 Å². The molecule has 78 valence electrons. The summed E-state index contributed by atoms with van der Waals surface area (Å²) in [5, 5.41) is 3.56. The molecule has 1 fully saturated rings. The third-order valence-electron chi connectivity index (χ3n) is 2.92. The molecule has 2 nitrogen and oxygen atoms in total. The summed E-state index contributed by atoms with van der Waals surface area (Å²) >= 11 is 0. The molecule has 0 heterocycles. The zero-order chi connectivity index (χ0) is 9.68. The molecule has 0 aromatic carbocycles.